The Balaban J connectivity index is 1.72. The van der Waals surface area contributed by atoms with Crippen LogP contribution in [0.1, 0.15) is 10.7 Å². The Labute approximate surface area is 150 Å². The van der Waals surface area contributed by atoms with Crippen molar-refractivity contribution in [2.45, 2.75) is 13.8 Å². The van der Waals surface area contributed by atoms with Gasteiger partial charge in [0.15, 0.2) is 0 Å². The molecule has 6 heteroatoms. The third-order valence-corrected chi connectivity index (χ3v) is 4.91. The number of aromatic nitrogens is 5. The van der Waals surface area contributed by atoms with Gasteiger partial charge in [0, 0.05) is 35.6 Å². The Bertz CT molecular complexity index is 1050. The van der Waals surface area contributed by atoms with Gasteiger partial charge in [0.2, 0.25) is 0 Å². The van der Waals surface area contributed by atoms with Crippen LogP contribution in [0.4, 0.5) is 0 Å². The average molecular weight is 347 g/mol. The maximum Gasteiger partial charge on any atom is 0.149 e. The van der Waals surface area contributed by atoms with E-state index in [0.29, 0.717) is 0 Å². The van der Waals surface area contributed by atoms with Crippen LogP contribution in [0.5, 0.6) is 0 Å². The Morgan fingerprint density at radius 2 is 1.80 bits per heavy atom. The molecule has 0 radical (unpaired) electrons. The molecule has 25 heavy (non-hydrogen) atoms. The van der Waals surface area contributed by atoms with Crippen LogP contribution in [0, 0.1) is 13.8 Å². The highest BCUT2D eigenvalue weighted by Gasteiger charge is 2.11. The molecule has 1 aromatic carbocycles. The molecule has 0 spiro atoms. The molecule has 4 rings (SSSR count). The highest BCUT2D eigenvalue weighted by atomic mass is 32.1. The van der Waals surface area contributed by atoms with Crippen molar-refractivity contribution in [3.05, 3.63) is 59.5 Å². The summed E-state index contributed by atoms with van der Waals surface area (Å²) < 4.78 is 1.81. The molecule has 124 valence electrons. The number of aryl methyl sites for hydroxylation is 3. The second-order valence-electron chi connectivity index (χ2n) is 5.94. The van der Waals surface area contributed by atoms with Crippen molar-refractivity contribution in [1.82, 2.24) is 25.0 Å². The minimum absolute atomic E-state index is 0.915. The summed E-state index contributed by atoms with van der Waals surface area (Å²) in [5.74, 6) is 0. The number of benzene rings is 1. The third-order valence-electron chi connectivity index (χ3n) is 4.04. The first-order valence-electron chi connectivity index (χ1n) is 7.98. The van der Waals surface area contributed by atoms with Crippen molar-refractivity contribution in [1.29, 1.82) is 0 Å². The van der Waals surface area contributed by atoms with Crippen LogP contribution in [0.15, 0.2) is 48.8 Å². The van der Waals surface area contributed by atoms with E-state index in [2.05, 4.69) is 45.6 Å². The lowest BCUT2D eigenvalue weighted by Crippen LogP contribution is -1.91. The molecule has 3 heterocycles. The molecule has 0 amide bonds. The van der Waals surface area contributed by atoms with Gasteiger partial charge in [0.1, 0.15) is 10.0 Å². The van der Waals surface area contributed by atoms with Gasteiger partial charge in [-0.05, 0) is 37.6 Å². The Kier molecular flexibility index (Phi) is 3.89. The summed E-state index contributed by atoms with van der Waals surface area (Å²) >= 11 is 1.59. The van der Waals surface area contributed by atoms with E-state index in [1.807, 2.05) is 44.0 Å². The molecule has 0 saturated heterocycles. The van der Waals surface area contributed by atoms with Gasteiger partial charge in [-0.15, -0.1) is 10.2 Å². The minimum Gasteiger partial charge on any atom is -0.275 e. The molecule has 3 aromatic heterocycles. The van der Waals surface area contributed by atoms with Gasteiger partial charge in [-0.25, -0.2) is 0 Å². The Hall–Kier alpha value is -2.86. The van der Waals surface area contributed by atoms with Crippen LogP contribution in [-0.2, 0) is 7.05 Å². The van der Waals surface area contributed by atoms with Crippen molar-refractivity contribution in [3.63, 3.8) is 0 Å². The van der Waals surface area contributed by atoms with Crippen LogP contribution in [0.3, 0.4) is 0 Å². The van der Waals surface area contributed by atoms with E-state index in [9.17, 15) is 0 Å². The number of pyridine rings is 1. The first kappa shape index (κ1) is 15.7. The lowest BCUT2D eigenvalue weighted by Gasteiger charge is -2.07. The second-order valence-corrected chi connectivity index (χ2v) is 7.12. The van der Waals surface area contributed by atoms with Gasteiger partial charge in [0.05, 0.1) is 11.9 Å². The molecule has 0 unspecified atom stereocenters. The van der Waals surface area contributed by atoms with Crippen LogP contribution in [-0.4, -0.2) is 25.0 Å². The second kappa shape index (κ2) is 6.22. The molecular weight excluding hydrogens is 330 g/mol. The van der Waals surface area contributed by atoms with E-state index in [-0.39, 0.29) is 0 Å². The predicted octanol–water partition coefficient (Wildman–Crippen LogP) is 4.28. The van der Waals surface area contributed by atoms with E-state index in [4.69, 9.17) is 4.98 Å². The van der Waals surface area contributed by atoms with Gasteiger partial charge in [-0.1, -0.05) is 29.5 Å². The van der Waals surface area contributed by atoms with Crippen LogP contribution < -0.4 is 0 Å². The zero-order valence-corrected chi connectivity index (χ0v) is 15.1. The maximum absolute atomic E-state index is 4.79. The van der Waals surface area contributed by atoms with E-state index in [0.717, 1.165) is 43.7 Å². The maximum atomic E-state index is 4.79. The van der Waals surface area contributed by atoms with Gasteiger partial charge >= 0.3 is 0 Å². The predicted molar refractivity (Wildman–Crippen MR) is 100 cm³/mol. The summed E-state index contributed by atoms with van der Waals surface area (Å²) in [4.78, 5) is 4.79. The first-order valence-corrected chi connectivity index (χ1v) is 8.79. The van der Waals surface area contributed by atoms with Crippen LogP contribution in [0.25, 0.3) is 33.0 Å². The quantitative estimate of drug-likeness (QED) is 0.555. The first-order chi connectivity index (χ1) is 12.1. The number of nitrogens with zero attached hydrogens (tertiary/aromatic N) is 5. The molecule has 0 saturated carbocycles. The van der Waals surface area contributed by atoms with Crippen LogP contribution in [0.2, 0.25) is 0 Å². The normalized spacial score (nSPS) is 11.0. The molecule has 0 atom stereocenters. The zero-order chi connectivity index (χ0) is 17.4. The fourth-order valence-electron chi connectivity index (χ4n) is 2.78. The third kappa shape index (κ3) is 3.08. The van der Waals surface area contributed by atoms with Crippen molar-refractivity contribution in [2.75, 3.05) is 0 Å². The molecule has 0 aliphatic carbocycles. The van der Waals surface area contributed by atoms with Crippen molar-refractivity contribution in [2.24, 2.45) is 7.05 Å². The molecular formula is C19H17N5S. The zero-order valence-electron chi connectivity index (χ0n) is 14.3. The Morgan fingerprint density at radius 1 is 0.960 bits per heavy atom. The molecule has 4 aromatic rings. The monoisotopic (exact) mass is 347 g/mol. The van der Waals surface area contributed by atoms with E-state index < -0.39 is 0 Å². The van der Waals surface area contributed by atoms with Gasteiger partial charge in [-0.3, -0.25) is 9.67 Å². The summed E-state index contributed by atoms with van der Waals surface area (Å²) in [6.45, 7) is 3.97. The largest absolute Gasteiger partial charge is 0.275 e. The van der Waals surface area contributed by atoms with Crippen LogP contribution >= 0.6 is 11.3 Å². The average Bonchev–Trinajstić information content (AvgIpc) is 3.23. The molecule has 0 aliphatic rings. The van der Waals surface area contributed by atoms with Gasteiger partial charge in [-0.2, -0.15) is 5.10 Å². The standard InChI is InChI=1S/C19H17N5S/c1-12-17(19-23-22-13(2)25-19)7-8-18(21-12)15-6-4-5-14(9-15)16-10-20-24(3)11-16/h4-11H,1-3H3. The minimum atomic E-state index is 0.915. The summed E-state index contributed by atoms with van der Waals surface area (Å²) in [5, 5.41) is 14.4. The van der Waals surface area contributed by atoms with E-state index >= 15 is 0 Å². The highest BCUT2D eigenvalue weighted by Crippen LogP contribution is 2.29. The van der Waals surface area contributed by atoms with E-state index in [1.165, 1.54) is 0 Å². The molecule has 0 bridgehead atoms. The summed E-state index contributed by atoms with van der Waals surface area (Å²) in [6.07, 6.45) is 3.89. The SMILES string of the molecule is Cc1nnc(-c2ccc(-c3cccc(-c4cnn(C)c4)c3)nc2C)s1. The van der Waals surface area contributed by atoms with Crippen molar-refractivity contribution >= 4 is 11.3 Å². The fourth-order valence-corrected chi connectivity index (χ4v) is 3.55. The smallest absolute Gasteiger partial charge is 0.149 e. The van der Waals surface area contributed by atoms with Crippen molar-refractivity contribution in [3.8, 4) is 33.0 Å². The number of rotatable bonds is 3. The molecule has 5 nitrogen and oxygen atoms in total. The van der Waals surface area contributed by atoms with Gasteiger partial charge < -0.3 is 0 Å². The lowest BCUT2D eigenvalue weighted by atomic mass is 10.0. The Morgan fingerprint density at radius 3 is 2.48 bits per heavy atom. The summed E-state index contributed by atoms with van der Waals surface area (Å²) in [5.41, 5.74) is 6.27. The van der Waals surface area contributed by atoms with Gasteiger partial charge in [0.25, 0.3) is 0 Å². The summed E-state index contributed by atoms with van der Waals surface area (Å²) in [7, 11) is 1.92. The topological polar surface area (TPSA) is 56.5 Å². The number of hydrogen-bond acceptors (Lipinski definition) is 5. The molecule has 0 aliphatic heterocycles. The summed E-state index contributed by atoms with van der Waals surface area (Å²) in [6, 6.07) is 12.5. The lowest BCUT2D eigenvalue weighted by molar-refractivity contribution is 0.768. The molecule has 0 N–H and O–H groups in total. The number of hydrogen-bond donors (Lipinski definition) is 0. The van der Waals surface area contributed by atoms with E-state index in [1.54, 1.807) is 11.3 Å². The highest BCUT2D eigenvalue weighted by molar-refractivity contribution is 7.14. The molecule has 0 fully saturated rings. The fraction of sp³-hybridized carbons (Fsp3) is 0.158. The van der Waals surface area contributed by atoms with Crippen molar-refractivity contribution < 1.29 is 0 Å².